The third-order valence-electron chi connectivity index (χ3n) is 2.27. The SMILES string of the molecule is CN(C)CC(O)CNCc1ccc(F)c(Cl)c1. The maximum Gasteiger partial charge on any atom is 0.141 e. The highest BCUT2D eigenvalue weighted by molar-refractivity contribution is 6.30. The third-order valence-corrected chi connectivity index (χ3v) is 2.56. The van der Waals surface area contributed by atoms with Crippen molar-refractivity contribution in [3.05, 3.63) is 34.6 Å². The average Bonchev–Trinajstić information content (AvgIpc) is 2.22. The predicted molar refractivity (Wildman–Crippen MR) is 67.7 cm³/mol. The van der Waals surface area contributed by atoms with Gasteiger partial charge in [-0.1, -0.05) is 17.7 Å². The fourth-order valence-corrected chi connectivity index (χ4v) is 1.72. The van der Waals surface area contributed by atoms with E-state index >= 15 is 0 Å². The molecule has 1 atom stereocenters. The van der Waals surface area contributed by atoms with Crippen LogP contribution in [0.15, 0.2) is 18.2 Å². The fraction of sp³-hybridized carbons (Fsp3) is 0.500. The van der Waals surface area contributed by atoms with E-state index in [1.165, 1.54) is 6.07 Å². The van der Waals surface area contributed by atoms with Crippen molar-refractivity contribution in [2.24, 2.45) is 0 Å². The molecule has 17 heavy (non-hydrogen) atoms. The summed E-state index contributed by atoms with van der Waals surface area (Å²) >= 11 is 5.67. The number of nitrogens with zero attached hydrogens (tertiary/aromatic N) is 1. The lowest BCUT2D eigenvalue weighted by Crippen LogP contribution is -2.34. The van der Waals surface area contributed by atoms with E-state index in [1.807, 2.05) is 19.0 Å². The molecule has 1 rings (SSSR count). The molecule has 0 aliphatic heterocycles. The third kappa shape index (κ3) is 5.46. The Balaban J connectivity index is 2.33. The van der Waals surface area contributed by atoms with Crippen LogP contribution in [0.4, 0.5) is 4.39 Å². The molecule has 0 radical (unpaired) electrons. The number of likely N-dealkylation sites (N-methyl/N-ethyl adjacent to an activating group) is 1. The standard InChI is InChI=1S/C12H18ClFN2O/c1-16(2)8-10(17)7-15-6-9-3-4-12(14)11(13)5-9/h3-5,10,15,17H,6-8H2,1-2H3. The zero-order valence-corrected chi connectivity index (χ0v) is 10.8. The Hall–Kier alpha value is -0.680. The van der Waals surface area contributed by atoms with Crippen molar-refractivity contribution in [2.75, 3.05) is 27.2 Å². The lowest BCUT2D eigenvalue weighted by molar-refractivity contribution is 0.134. The molecule has 5 heteroatoms. The van der Waals surface area contributed by atoms with E-state index in [-0.39, 0.29) is 5.02 Å². The highest BCUT2D eigenvalue weighted by Crippen LogP contribution is 2.15. The lowest BCUT2D eigenvalue weighted by atomic mass is 10.2. The highest BCUT2D eigenvalue weighted by Gasteiger charge is 2.05. The first kappa shape index (κ1) is 14.4. The van der Waals surface area contributed by atoms with Crippen LogP contribution in [0.1, 0.15) is 5.56 Å². The molecule has 1 aromatic carbocycles. The summed E-state index contributed by atoms with van der Waals surface area (Å²) in [6.45, 7) is 1.66. The monoisotopic (exact) mass is 260 g/mol. The average molecular weight is 261 g/mol. The summed E-state index contributed by atoms with van der Waals surface area (Å²) in [6, 6.07) is 4.60. The number of aliphatic hydroxyl groups is 1. The molecule has 0 aliphatic rings. The summed E-state index contributed by atoms with van der Waals surface area (Å²) in [6.07, 6.45) is -0.416. The van der Waals surface area contributed by atoms with E-state index < -0.39 is 11.9 Å². The van der Waals surface area contributed by atoms with Gasteiger partial charge in [-0.3, -0.25) is 0 Å². The largest absolute Gasteiger partial charge is 0.390 e. The van der Waals surface area contributed by atoms with Gasteiger partial charge in [0.1, 0.15) is 5.82 Å². The molecule has 0 amide bonds. The maximum absolute atomic E-state index is 12.9. The van der Waals surface area contributed by atoms with Crippen molar-refractivity contribution in [1.29, 1.82) is 0 Å². The van der Waals surface area contributed by atoms with Gasteiger partial charge in [0.2, 0.25) is 0 Å². The zero-order valence-electron chi connectivity index (χ0n) is 10.1. The van der Waals surface area contributed by atoms with Crippen LogP contribution in [0, 0.1) is 5.82 Å². The molecule has 1 unspecified atom stereocenters. The fourth-order valence-electron chi connectivity index (χ4n) is 1.52. The van der Waals surface area contributed by atoms with Gasteiger partial charge in [0, 0.05) is 19.6 Å². The molecule has 0 aromatic heterocycles. The Kier molecular flexibility index (Phi) is 5.85. The van der Waals surface area contributed by atoms with E-state index in [0.717, 1.165) is 5.56 Å². The summed E-state index contributed by atoms with van der Waals surface area (Å²) < 4.78 is 12.9. The lowest BCUT2D eigenvalue weighted by Gasteiger charge is -2.16. The van der Waals surface area contributed by atoms with Crippen molar-refractivity contribution in [2.45, 2.75) is 12.6 Å². The van der Waals surface area contributed by atoms with Crippen molar-refractivity contribution in [3.63, 3.8) is 0 Å². The molecule has 0 bridgehead atoms. The topological polar surface area (TPSA) is 35.5 Å². The normalized spacial score (nSPS) is 13.1. The van der Waals surface area contributed by atoms with Gasteiger partial charge in [-0.2, -0.15) is 0 Å². The first-order valence-corrected chi connectivity index (χ1v) is 5.84. The van der Waals surface area contributed by atoms with Gasteiger partial charge >= 0.3 is 0 Å². The molecule has 0 aliphatic carbocycles. The number of aliphatic hydroxyl groups excluding tert-OH is 1. The van der Waals surface area contributed by atoms with Gasteiger partial charge in [0.15, 0.2) is 0 Å². The predicted octanol–water partition coefficient (Wildman–Crippen LogP) is 1.49. The Morgan fingerprint density at radius 3 is 2.76 bits per heavy atom. The molecule has 96 valence electrons. The van der Waals surface area contributed by atoms with Crippen LogP contribution in [0.5, 0.6) is 0 Å². The Labute approximate surface area is 106 Å². The number of benzene rings is 1. The smallest absolute Gasteiger partial charge is 0.141 e. The Morgan fingerprint density at radius 1 is 1.47 bits per heavy atom. The minimum Gasteiger partial charge on any atom is -0.390 e. The van der Waals surface area contributed by atoms with Gasteiger partial charge in [0.05, 0.1) is 11.1 Å². The van der Waals surface area contributed by atoms with Crippen LogP contribution in [-0.4, -0.2) is 43.3 Å². The van der Waals surface area contributed by atoms with Crippen molar-refractivity contribution >= 4 is 11.6 Å². The first-order valence-electron chi connectivity index (χ1n) is 5.46. The minimum absolute atomic E-state index is 0.123. The van der Waals surface area contributed by atoms with E-state index in [1.54, 1.807) is 12.1 Å². The van der Waals surface area contributed by atoms with Crippen LogP contribution in [0.3, 0.4) is 0 Å². The molecule has 2 N–H and O–H groups in total. The van der Waals surface area contributed by atoms with Crippen LogP contribution in [0.2, 0.25) is 5.02 Å². The quantitative estimate of drug-likeness (QED) is 0.814. The maximum atomic E-state index is 12.9. The second-order valence-corrected chi connectivity index (χ2v) is 4.70. The second kappa shape index (κ2) is 6.91. The summed E-state index contributed by atoms with van der Waals surface area (Å²) in [5, 5.41) is 12.8. The van der Waals surface area contributed by atoms with Gasteiger partial charge < -0.3 is 15.3 Å². The molecule has 0 saturated carbocycles. The highest BCUT2D eigenvalue weighted by atomic mass is 35.5. The first-order chi connectivity index (χ1) is 7.99. The van der Waals surface area contributed by atoms with Gasteiger partial charge in [-0.25, -0.2) is 4.39 Å². The van der Waals surface area contributed by atoms with Crippen LogP contribution < -0.4 is 5.32 Å². The van der Waals surface area contributed by atoms with E-state index in [9.17, 15) is 9.50 Å². The zero-order chi connectivity index (χ0) is 12.8. The van der Waals surface area contributed by atoms with E-state index in [2.05, 4.69) is 5.32 Å². The van der Waals surface area contributed by atoms with Crippen molar-refractivity contribution in [1.82, 2.24) is 10.2 Å². The number of halogens is 2. The number of hydrogen-bond donors (Lipinski definition) is 2. The number of rotatable bonds is 6. The van der Waals surface area contributed by atoms with Crippen LogP contribution in [0.25, 0.3) is 0 Å². The molecule has 1 aromatic rings. The van der Waals surface area contributed by atoms with Crippen molar-refractivity contribution < 1.29 is 9.50 Å². The number of hydrogen-bond acceptors (Lipinski definition) is 3. The van der Waals surface area contributed by atoms with Gasteiger partial charge in [-0.05, 0) is 31.8 Å². The minimum atomic E-state index is -0.416. The summed E-state index contributed by atoms with van der Waals surface area (Å²) in [5.41, 5.74) is 0.897. The van der Waals surface area contributed by atoms with E-state index in [4.69, 9.17) is 11.6 Å². The summed E-state index contributed by atoms with van der Waals surface area (Å²) in [4.78, 5) is 1.92. The van der Waals surface area contributed by atoms with Crippen LogP contribution in [-0.2, 0) is 6.54 Å². The second-order valence-electron chi connectivity index (χ2n) is 4.30. The van der Waals surface area contributed by atoms with Crippen LogP contribution >= 0.6 is 11.6 Å². The molecule has 3 nitrogen and oxygen atoms in total. The molecular weight excluding hydrogens is 243 g/mol. The Bertz CT molecular complexity index is 360. The number of nitrogens with one attached hydrogen (secondary N) is 1. The van der Waals surface area contributed by atoms with E-state index in [0.29, 0.717) is 19.6 Å². The molecule has 0 fully saturated rings. The molecule has 0 spiro atoms. The molecule has 0 saturated heterocycles. The molecular formula is C12H18ClFN2O. The van der Waals surface area contributed by atoms with Gasteiger partial charge in [0.25, 0.3) is 0 Å². The summed E-state index contributed by atoms with van der Waals surface area (Å²) in [7, 11) is 3.81. The Morgan fingerprint density at radius 2 is 2.18 bits per heavy atom. The van der Waals surface area contributed by atoms with Crippen molar-refractivity contribution in [3.8, 4) is 0 Å². The van der Waals surface area contributed by atoms with Gasteiger partial charge in [-0.15, -0.1) is 0 Å². The summed E-state index contributed by atoms with van der Waals surface area (Å²) in [5.74, 6) is -0.414. The molecule has 0 heterocycles.